The zero-order valence-electron chi connectivity index (χ0n) is 14.5. The number of hydrogen-bond acceptors (Lipinski definition) is 3. The Balaban J connectivity index is 0.00000264. The first kappa shape index (κ1) is 20.7. The fraction of sp³-hybridized carbons (Fsp3) is 0.706. The molecule has 0 unspecified atom stereocenters. The lowest BCUT2D eigenvalue weighted by atomic mass is 9.96. The van der Waals surface area contributed by atoms with Crippen LogP contribution >= 0.6 is 35.3 Å². The second-order valence-corrected chi connectivity index (χ2v) is 6.96. The molecule has 0 aliphatic carbocycles. The van der Waals surface area contributed by atoms with E-state index in [4.69, 9.17) is 9.73 Å². The van der Waals surface area contributed by atoms with Crippen molar-refractivity contribution >= 4 is 41.3 Å². The van der Waals surface area contributed by atoms with E-state index in [0.717, 1.165) is 44.7 Å². The first-order valence-corrected chi connectivity index (χ1v) is 9.18. The smallest absolute Gasteiger partial charge is 0.194 e. The van der Waals surface area contributed by atoms with Crippen molar-refractivity contribution in [2.75, 3.05) is 33.4 Å². The second kappa shape index (κ2) is 11.3. The fourth-order valence-corrected chi connectivity index (χ4v) is 3.53. The summed E-state index contributed by atoms with van der Waals surface area (Å²) in [6, 6.07) is 2.16. The molecule has 1 aromatic rings. The van der Waals surface area contributed by atoms with Crippen LogP contribution in [0.5, 0.6) is 0 Å². The van der Waals surface area contributed by atoms with Crippen LogP contribution in [-0.4, -0.2) is 44.2 Å². The number of halogens is 1. The lowest BCUT2D eigenvalue weighted by Crippen LogP contribution is -2.40. The van der Waals surface area contributed by atoms with Crippen LogP contribution in [-0.2, 0) is 11.3 Å². The summed E-state index contributed by atoms with van der Waals surface area (Å²) in [4.78, 5) is 8.42. The Morgan fingerprint density at radius 2 is 2.17 bits per heavy atom. The van der Waals surface area contributed by atoms with Gasteiger partial charge < -0.3 is 15.0 Å². The molecule has 1 aliphatic rings. The molecule has 0 aromatic carbocycles. The highest BCUT2D eigenvalue weighted by Gasteiger charge is 2.15. The molecule has 1 aliphatic heterocycles. The van der Waals surface area contributed by atoms with Gasteiger partial charge in [0.15, 0.2) is 5.96 Å². The summed E-state index contributed by atoms with van der Waals surface area (Å²) in [5.41, 5.74) is 1.34. The van der Waals surface area contributed by atoms with E-state index in [1.165, 1.54) is 29.7 Å². The highest BCUT2D eigenvalue weighted by Crippen LogP contribution is 2.19. The molecule has 132 valence electrons. The van der Waals surface area contributed by atoms with Crippen LogP contribution in [0.1, 0.15) is 36.6 Å². The standard InChI is InChI=1S/C17H29N3OS.HI/c1-4-18-17(19-13-16-14(2)8-12-22-16)20(3)9-5-15-6-10-21-11-7-15;/h8,12,15H,4-7,9-11,13H2,1-3H3,(H,18,19);1H. The Morgan fingerprint density at radius 3 is 2.78 bits per heavy atom. The van der Waals surface area contributed by atoms with Crippen molar-refractivity contribution in [3.05, 3.63) is 21.9 Å². The number of nitrogens with one attached hydrogen (secondary N) is 1. The van der Waals surface area contributed by atoms with Crippen LogP contribution in [0.3, 0.4) is 0 Å². The van der Waals surface area contributed by atoms with Crippen LogP contribution in [0, 0.1) is 12.8 Å². The Morgan fingerprint density at radius 1 is 1.43 bits per heavy atom. The molecule has 2 rings (SSSR count). The van der Waals surface area contributed by atoms with Gasteiger partial charge in [0.2, 0.25) is 0 Å². The van der Waals surface area contributed by atoms with Crippen molar-refractivity contribution in [1.29, 1.82) is 0 Å². The molecule has 0 saturated carbocycles. The van der Waals surface area contributed by atoms with E-state index < -0.39 is 0 Å². The minimum atomic E-state index is 0. The predicted molar refractivity (Wildman–Crippen MR) is 110 cm³/mol. The van der Waals surface area contributed by atoms with Crippen molar-refractivity contribution in [1.82, 2.24) is 10.2 Å². The van der Waals surface area contributed by atoms with Gasteiger partial charge in [0.05, 0.1) is 6.54 Å². The van der Waals surface area contributed by atoms with Gasteiger partial charge in [0.1, 0.15) is 0 Å². The number of nitrogens with zero attached hydrogens (tertiary/aromatic N) is 2. The summed E-state index contributed by atoms with van der Waals surface area (Å²) in [5, 5.41) is 5.55. The average Bonchev–Trinajstić information content (AvgIpc) is 2.95. The summed E-state index contributed by atoms with van der Waals surface area (Å²) in [7, 11) is 2.14. The lowest BCUT2D eigenvalue weighted by molar-refractivity contribution is 0.0625. The molecule has 1 N–H and O–H groups in total. The number of ether oxygens (including phenoxy) is 1. The van der Waals surface area contributed by atoms with Crippen molar-refractivity contribution in [3.63, 3.8) is 0 Å². The van der Waals surface area contributed by atoms with Gasteiger partial charge in [0, 0.05) is 38.2 Å². The van der Waals surface area contributed by atoms with Gasteiger partial charge in [-0.3, -0.25) is 0 Å². The Bertz CT molecular complexity index is 472. The highest BCUT2D eigenvalue weighted by molar-refractivity contribution is 14.0. The molecule has 0 spiro atoms. The second-order valence-electron chi connectivity index (χ2n) is 5.96. The molecule has 1 saturated heterocycles. The summed E-state index contributed by atoms with van der Waals surface area (Å²) in [5.74, 6) is 1.82. The van der Waals surface area contributed by atoms with Gasteiger partial charge in [-0.25, -0.2) is 4.99 Å². The Labute approximate surface area is 161 Å². The highest BCUT2D eigenvalue weighted by atomic mass is 127. The molecule has 0 radical (unpaired) electrons. The largest absolute Gasteiger partial charge is 0.381 e. The molecule has 4 nitrogen and oxygen atoms in total. The number of aliphatic imine (C=N–C) groups is 1. The van der Waals surface area contributed by atoms with E-state index in [2.05, 4.69) is 42.6 Å². The van der Waals surface area contributed by atoms with Crippen molar-refractivity contribution < 1.29 is 4.74 Å². The third-order valence-corrected chi connectivity index (χ3v) is 5.26. The summed E-state index contributed by atoms with van der Waals surface area (Å²) in [6.07, 6.45) is 3.63. The van der Waals surface area contributed by atoms with Gasteiger partial charge in [0.25, 0.3) is 0 Å². The minimum Gasteiger partial charge on any atom is -0.381 e. The lowest BCUT2D eigenvalue weighted by Gasteiger charge is -2.26. The third kappa shape index (κ3) is 6.97. The first-order chi connectivity index (χ1) is 10.7. The maximum Gasteiger partial charge on any atom is 0.194 e. The van der Waals surface area contributed by atoms with E-state index >= 15 is 0 Å². The molecule has 0 bridgehead atoms. The van der Waals surface area contributed by atoms with E-state index in [9.17, 15) is 0 Å². The van der Waals surface area contributed by atoms with Crippen LogP contribution in [0.15, 0.2) is 16.4 Å². The molecule has 6 heteroatoms. The minimum absolute atomic E-state index is 0. The van der Waals surface area contributed by atoms with E-state index in [1.807, 2.05) is 0 Å². The number of hydrogen-bond donors (Lipinski definition) is 1. The number of rotatable bonds is 6. The molecule has 23 heavy (non-hydrogen) atoms. The van der Waals surface area contributed by atoms with E-state index in [1.54, 1.807) is 11.3 Å². The normalized spacial score (nSPS) is 16.0. The number of thiophene rings is 1. The van der Waals surface area contributed by atoms with Crippen molar-refractivity contribution in [2.24, 2.45) is 10.9 Å². The summed E-state index contributed by atoms with van der Waals surface area (Å²) in [6.45, 7) is 8.87. The van der Waals surface area contributed by atoms with Crippen molar-refractivity contribution in [2.45, 2.75) is 39.7 Å². The number of aryl methyl sites for hydroxylation is 1. The molecule has 1 aromatic heterocycles. The molecule has 2 heterocycles. The van der Waals surface area contributed by atoms with Gasteiger partial charge in [-0.15, -0.1) is 35.3 Å². The topological polar surface area (TPSA) is 36.9 Å². The molecule has 0 atom stereocenters. The maximum atomic E-state index is 5.44. The Hall–Kier alpha value is -0.340. The zero-order chi connectivity index (χ0) is 15.8. The van der Waals surface area contributed by atoms with E-state index in [0.29, 0.717) is 0 Å². The molecular weight excluding hydrogens is 421 g/mol. The number of guanidine groups is 1. The zero-order valence-corrected chi connectivity index (χ0v) is 17.7. The quantitative estimate of drug-likeness (QED) is 0.405. The summed E-state index contributed by atoms with van der Waals surface area (Å²) >= 11 is 1.79. The van der Waals surface area contributed by atoms with Crippen LogP contribution in [0.4, 0.5) is 0 Å². The van der Waals surface area contributed by atoms with Gasteiger partial charge in [-0.05, 0) is 56.0 Å². The van der Waals surface area contributed by atoms with Crippen LogP contribution in [0.2, 0.25) is 0 Å². The molecule has 1 fully saturated rings. The summed E-state index contributed by atoms with van der Waals surface area (Å²) < 4.78 is 5.44. The SMILES string of the molecule is CCNC(=NCc1sccc1C)N(C)CCC1CCOCC1.I. The fourth-order valence-electron chi connectivity index (χ4n) is 2.70. The average molecular weight is 451 g/mol. The third-order valence-electron chi connectivity index (χ3n) is 4.25. The predicted octanol–water partition coefficient (Wildman–Crippen LogP) is 3.89. The van der Waals surface area contributed by atoms with Gasteiger partial charge in [-0.1, -0.05) is 0 Å². The van der Waals surface area contributed by atoms with Gasteiger partial charge in [-0.2, -0.15) is 0 Å². The van der Waals surface area contributed by atoms with Gasteiger partial charge >= 0.3 is 0 Å². The molecule has 0 amide bonds. The molecular formula is C17H30IN3OS. The van der Waals surface area contributed by atoms with Crippen LogP contribution in [0.25, 0.3) is 0 Å². The van der Waals surface area contributed by atoms with E-state index in [-0.39, 0.29) is 24.0 Å². The van der Waals surface area contributed by atoms with Crippen molar-refractivity contribution in [3.8, 4) is 0 Å². The monoisotopic (exact) mass is 451 g/mol. The van der Waals surface area contributed by atoms with Crippen LogP contribution < -0.4 is 5.32 Å². The first-order valence-electron chi connectivity index (χ1n) is 8.31. The maximum absolute atomic E-state index is 5.44. The Kier molecular flexibility index (Phi) is 10.1.